The third kappa shape index (κ3) is 7.17. The van der Waals surface area contributed by atoms with Crippen LogP contribution in [0, 0.1) is 0 Å². The number of nitrogens with two attached hydrogens (primary N) is 3. The topological polar surface area (TPSA) is 202 Å². The van der Waals surface area contributed by atoms with Crippen LogP contribution in [0.2, 0.25) is 0 Å². The van der Waals surface area contributed by atoms with Gasteiger partial charge in [0.25, 0.3) is 0 Å². The minimum atomic E-state index is -1.21. The molecule has 2 amide bonds. The maximum absolute atomic E-state index is 12.6. The lowest BCUT2D eigenvalue weighted by Crippen LogP contribution is -2.55. The summed E-state index contributed by atoms with van der Waals surface area (Å²) in [5, 5.41) is 15.3. The number of carboxylic acid groups (broad SMARTS) is 1. The number of para-hydroxylation sites is 1. The first-order valence-electron chi connectivity index (χ1n) is 10.0. The highest BCUT2D eigenvalue weighted by Gasteiger charge is 2.27. The van der Waals surface area contributed by atoms with Crippen LogP contribution in [0.1, 0.15) is 18.4 Å². The summed E-state index contributed by atoms with van der Waals surface area (Å²) in [6.45, 7) is 0.234. The second-order valence-corrected chi connectivity index (χ2v) is 7.63. The second kappa shape index (κ2) is 12.0. The van der Waals surface area contributed by atoms with Crippen LogP contribution in [-0.2, 0) is 20.8 Å². The molecule has 12 heteroatoms. The number of benzene rings is 1. The number of fused-ring (bicyclic) bond motifs is 1. The Hall–Kier alpha value is -3.25. The summed E-state index contributed by atoms with van der Waals surface area (Å²) < 4.78 is 0. The van der Waals surface area contributed by atoms with E-state index in [1.165, 1.54) is 0 Å². The lowest BCUT2D eigenvalue weighted by atomic mass is 10.0. The Labute approximate surface area is 190 Å². The highest BCUT2D eigenvalue weighted by Crippen LogP contribution is 2.18. The van der Waals surface area contributed by atoms with Gasteiger partial charge in [0.1, 0.15) is 12.1 Å². The number of rotatable bonds is 12. The number of aromatic amines is 1. The van der Waals surface area contributed by atoms with Crippen molar-refractivity contribution in [3.05, 3.63) is 36.0 Å². The molecule has 0 saturated carbocycles. The molecule has 0 spiro atoms. The van der Waals surface area contributed by atoms with Gasteiger partial charge in [0, 0.05) is 29.4 Å². The lowest BCUT2D eigenvalue weighted by molar-refractivity contribution is -0.142. The van der Waals surface area contributed by atoms with Crippen molar-refractivity contribution >= 4 is 47.3 Å². The van der Waals surface area contributed by atoms with E-state index in [1.807, 2.05) is 24.3 Å². The van der Waals surface area contributed by atoms with E-state index in [1.54, 1.807) is 6.20 Å². The molecule has 10 N–H and O–H groups in total. The monoisotopic (exact) mass is 463 g/mol. The zero-order chi connectivity index (χ0) is 23.7. The van der Waals surface area contributed by atoms with E-state index in [4.69, 9.17) is 17.2 Å². The van der Waals surface area contributed by atoms with Crippen LogP contribution in [-0.4, -0.2) is 64.3 Å². The predicted octanol–water partition coefficient (Wildman–Crippen LogP) is -0.925. The largest absolute Gasteiger partial charge is 0.480 e. The fraction of sp³-hybridized carbons (Fsp3) is 0.400. The number of carbonyl (C=O) groups is 3. The number of hydrogen-bond acceptors (Lipinski definition) is 6. The Kier molecular flexibility index (Phi) is 9.35. The number of carbonyl (C=O) groups excluding carboxylic acids is 2. The Morgan fingerprint density at radius 1 is 1.12 bits per heavy atom. The molecule has 0 saturated heterocycles. The molecule has 0 aliphatic carbocycles. The van der Waals surface area contributed by atoms with Gasteiger partial charge < -0.3 is 37.9 Å². The SMILES string of the molecule is NC(N)=NCCC[C@H](NC(=O)[C@H](CS)NC(=O)[C@@H](N)Cc1c[nH]c2ccccc12)C(=O)O. The number of nitrogens with zero attached hydrogens (tertiary/aromatic N) is 1. The molecule has 2 aromatic rings. The summed E-state index contributed by atoms with van der Waals surface area (Å²) >= 11 is 4.10. The lowest BCUT2D eigenvalue weighted by Gasteiger charge is -2.21. The van der Waals surface area contributed by atoms with Crippen LogP contribution in [0.5, 0.6) is 0 Å². The van der Waals surface area contributed by atoms with E-state index in [0.29, 0.717) is 6.42 Å². The summed E-state index contributed by atoms with van der Waals surface area (Å²) in [6.07, 6.45) is 2.52. The van der Waals surface area contributed by atoms with Crippen LogP contribution >= 0.6 is 12.6 Å². The van der Waals surface area contributed by atoms with E-state index in [0.717, 1.165) is 16.5 Å². The number of nitrogens with one attached hydrogen (secondary N) is 3. The van der Waals surface area contributed by atoms with Gasteiger partial charge in [-0.1, -0.05) is 18.2 Å². The quantitative estimate of drug-likeness (QED) is 0.0859. The van der Waals surface area contributed by atoms with Crippen molar-refractivity contribution in [3.8, 4) is 0 Å². The van der Waals surface area contributed by atoms with Crippen molar-refractivity contribution in [2.45, 2.75) is 37.4 Å². The molecule has 0 unspecified atom stereocenters. The van der Waals surface area contributed by atoms with Crippen molar-refractivity contribution < 1.29 is 19.5 Å². The summed E-state index contributed by atoms with van der Waals surface area (Å²) in [5.74, 6) is -2.53. The molecule has 2 rings (SSSR count). The number of H-pyrrole nitrogens is 1. The van der Waals surface area contributed by atoms with E-state index in [9.17, 15) is 19.5 Å². The van der Waals surface area contributed by atoms with Crippen LogP contribution in [0.25, 0.3) is 10.9 Å². The fourth-order valence-electron chi connectivity index (χ4n) is 3.14. The molecule has 174 valence electrons. The number of carboxylic acids is 1. The van der Waals surface area contributed by atoms with Gasteiger partial charge in [-0.15, -0.1) is 0 Å². The number of aliphatic carboxylic acids is 1. The van der Waals surface area contributed by atoms with Crippen LogP contribution in [0.3, 0.4) is 0 Å². The first-order valence-corrected chi connectivity index (χ1v) is 10.7. The third-order valence-electron chi connectivity index (χ3n) is 4.83. The van der Waals surface area contributed by atoms with Crippen molar-refractivity contribution in [2.24, 2.45) is 22.2 Å². The van der Waals surface area contributed by atoms with Gasteiger partial charge in [0.2, 0.25) is 11.8 Å². The van der Waals surface area contributed by atoms with E-state index < -0.39 is 35.9 Å². The third-order valence-corrected chi connectivity index (χ3v) is 5.19. The zero-order valence-corrected chi connectivity index (χ0v) is 18.3. The van der Waals surface area contributed by atoms with E-state index in [-0.39, 0.29) is 31.1 Å². The molecule has 0 fully saturated rings. The molecule has 1 aromatic heterocycles. The number of thiol groups is 1. The number of aromatic nitrogens is 1. The Morgan fingerprint density at radius 2 is 1.81 bits per heavy atom. The van der Waals surface area contributed by atoms with Gasteiger partial charge in [-0.05, 0) is 30.9 Å². The average Bonchev–Trinajstić information content (AvgIpc) is 3.16. The Balaban J connectivity index is 1.93. The standard InChI is InChI=1S/C20H29N7O4S/c21-13(8-11-9-25-14-5-2-1-4-12(11)14)17(28)27-16(10-32)18(29)26-15(19(30)31)6-3-7-24-20(22)23/h1-2,4-5,9,13,15-16,25,32H,3,6-8,10,21H2,(H,26,29)(H,27,28)(H,30,31)(H4,22,23,24)/t13-,15-,16-/m0/s1. The molecule has 32 heavy (non-hydrogen) atoms. The molecule has 0 radical (unpaired) electrons. The number of guanidine groups is 1. The number of amides is 2. The van der Waals surface area contributed by atoms with E-state index >= 15 is 0 Å². The minimum Gasteiger partial charge on any atom is -0.480 e. The summed E-state index contributed by atoms with van der Waals surface area (Å²) in [4.78, 5) is 43.4. The highest BCUT2D eigenvalue weighted by atomic mass is 32.1. The van der Waals surface area contributed by atoms with Crippen molar-refractivity contribution in [1.82, 2.24) is 15.6 Å². The molecular formula is C20H29N7O4S. The number of aliphatic imine (C=N–C) groups is 1. The highest BCUT2D eigenvalue weighted by molar-refractivity contribution is 7.80. The van der Waals surface area contributed by atoms with Crippen molar-refractivity contribution in [3.63, 3.8) is 0 Å². The van der Waals surface area contributed by atoms with Crippen LogP contribution in [0.15, 0.2) is 35.5 Å². The summed E-state index contributed by atoms with van der Waals surface area (Å²) in [7, 11) is 0. The van der Waals surface area contributed by atoms with Gasteiger partial charge in [-0.3, -0.25) is 14.6 Å². The predicted molar refractivity (Wildman–Crippen MR) is 125 cm³/mol. The average molecular weight is 464 g/mol. The summed E-state index contributed by atoms with van der Waals surface area (Å²) in [5.41, 5.74) is 18.3. The van der Waals surface area contributed by atoms with Gasteiger partial charge in [-0.25, -0.2) is 4.79 Å². The molecular weight excluding hydrogens is 434 g/mol. The molecule has 3 atom stereocenters. The van der Waals surface area contributed by atoms with E-state index in [2.05, 4.69) is 33.2 Å². The summed E-state index contributed by atoms with van der Waals surface area (Å²) in [6, 6.07) is 4.53. The minimum absolute atomic E-state index is 0.0300. The first-order chi connectivity index (χ1) is 15.2. The van der Waals surface area contributed by atoms with Crippen LogP contribution < -0.4 is 27.8 Å². The zero-order valence-electron chi connectivity index (χ0n) is 17.5. The van der Waals surface area contributed by atoms with Crippen molar-refractivity contribution in [2.75, 3.05) is 12.3 Å². The number of hydrogen-bond donors (Lipinski definition) is 8. The Morgan fingerprint density at radius 3 is 2.47 bits per heavy atom. The molecule has 0 aliphatic heterocycles. The maximum Gasteiger partial charge on any atom is 0.326 e. The van der Waals surface area contributed by atoms with Gasteiger partial charge in [0.15, 0.2) is 5.96 Å². The van der Waals surface area contributed by atoms with Gasteiger partial charge >= 0.3 is 5.97 Å². The van der Waals surface area contributed by atoms with Crippen LogP contribution in [0.4, 0.5) is 0 Å². The van der Waals surface area contributed by atoms with Gasteiger partial charge in [-0.2, -0.15) is 12.6 Å². The first kappa shape index (κ1) is 25.0. The fourth-order valence-corrected chi connectivity index (χ4v) is 3.39. The second-order valence-electron chi connectivity index (χ2n) is 7.26. The molecule has 1 heterocycles. The molecule has 1 aromatic carbocycles. The van der Waals surface area contributed by atoms with Gasteiger partial charge in [0.05, 0.1) is 6.04 Å². The normalized spacial score (nSPS) is 13.7. The smallest absolute Gasteiger partial charge is 0.326 e. The van der Waals surface area contributed by atoms with Crippen molar-refractivity contribution in [1.29, 1.82) is 0 Å². The molecule has 11 nitrogen and oxygen atoms in total. The maximum atomic E-state index is 12.6. The Bertz CT molecular complexity index is 974. The molecule has 0 aliphatic rings. The molecule has 0 bridgehead atoms.